The smallest absolute Gasteiger partial charge is 0.195 e. The lowest BCUT2D eigenvalue weighted by molar-refractivity contribution is -1.42. The zero-order valence-electron chi connectivity index (χ0n) is 4.07. The van der Waals surface area contributed by atoms with Crippen molar-refractivity contribution in [3.63, 3.8) is 0 Å². The van der Waals surface area contributed by atoms with Crippen LogP contribution in [0.25, 0.3) is 0 Å². The number of quaternary nitrogens is 2. The molecule has 2 nitrogen and oxygen atoms in total. The predicted molar refractivity (Wildman–Crippen MR) is 21.7 cm³/mol. The van der Waals surface area contributed by atoms with Crippen LogP contribution in [0.1, 0.15) is 0 Å². The van der Waals surface area contributed by atoms with Gasteiger partial charge in [0.15, 0.2) is 0 Å². The van der Waals surface area contributed by atoms with Crippen molar-refractivity contribution in [2.45, 2.75) is 0 Å². The van der Waals surface area contributed by atoms with Crippen LogP contribution in [0.2, 0.25) is 0 Å². The maximum absolute atomic E-state index is 2.31. The topological polar surface area (TPSA) is 4.44 Å². The molecule has 0 aromatic heterocycles. The lowest BCUT2D eigenvalue weighted by atomic mass is 10.3. The molecule has 0 saturated carbocycles. The molecule has 2 heteroatoms. The molecule has 0 spiro atoms. The van der Waals surface area contributed by atoms with Gasteiger partial charge in [-0.05, 0) is 0 Å². The van der Waals surface area contributed by atoms with Crippen LogP contribution in [-0.4, -0.2) is 31.5 Å². The summed E-state index contributed by atoms with van der Waals surface area (Å²) < 4.78 is 1.36. The molecular formula is C4H10N2+2. The maximum atomic E-state index is 2.31. The van der Waals surface area contributed by atoms with E-state index in [1.807, 2.05) is 0 Å². The maximum Gasteiger partial charge on any atom is 0.223 e. The number of nitrogens with zero attached hydrogens (tertiary/aromatic N) is 1. The molecule has 0 radical (unpaired) electrons. The van der Waals surface area contributed by atoms with Gasteiger partial charge in [-0.3, -0.25) is 0 Å². The minimum atomic E-state index is 1.36. The van der Waals surface area contributed by atoms with E-state index >= 15 is 0 Å². The van der Waals surface area contributed by atoms with E-state index in [9.17, 15) is 0 Å². The normalized spacial score (nSPS) is 62.5. The SMILES string of the molecule is C[N+]12C[NH+](C1)C2. The van der Waals surface area contributed by atoms with Crippen LogP contribution in [0.4, 0.5) is 0 Å². The third-order valence-corrected chi connectivity index (χ3v) is 1.82. The van der Waals surface area contributed by atoms with Crippen LogP contribution >= 0.6 is 0 Å². The summed E-state index contributed by atoms with van der Waals surface area (Å²) in [5, 5.41) is 0. The third kappa shape index (κ3) is 0.150. The van der Waals surface area contributed by atoms with E-state index < -0.39 is 0 Å². The Morgan fingerprint density at radius 2 is 1.67 bits per heavy atom. The molecule has 0 unspecified atom stereocenters. The summed E-state index contributed by atoms with van der Waals surface area (Å²) in [6.45, 7) is 4.21. The third-order valence-electron chi connectivity index (χ3n) is 1.82. The van der Waals surface area contributed by atoms with Crippen molar-refractivity contribution in [1.82, 2.24) is 0 Å². The largest absolute Gasteiger partial charge is 0.223 e. The van der Waals surface area contributed by atoms with Gasteiger partial charge < -0.3 is 0 Å². The molecule has 0 aliphatic carbocycles. The van der Waals surface area contributed by atoms with Crippen molar-refractivity contribution in [3.8, 4) is 0 Å². The minimum absolute atomic E-state index is 1.36. The number of hydrogen-bond donors (Lipinski definition) is 1. The minimum Gasteiger partial charge on any atom is -0.195 e. The highest BCUT2D eigenvalue weighted by molar-refractivity contribution is 4.33. The summed E-state index contributed by atoms with van der Waals surface area (Å²) in [5.41, 5.74) is 0. The van der Waals surface area contributed by atoms with Gasteiger partial charge in [0, 0.05) is 0 Å². The Bertz CT molecular complexity index is 72.5. The average Bonchev–Trinajstić information content (AvgIpc) is 1.24. The Hall–Kier alpha value is -0.0800. The second kappa shape index (κ2) is 0.532. The first kappa shape index (κ1) is 2.99. The second-order valence-corrected chi connectivity index (χ2v) is 2.84. The highest BCUT2D eigenvalue weighted by Crippen LogP contribution is 2.07. The quantitative estimate of drug-likeness (QED) is 0.332. The number of rotatable bonds is 0. The van der Waals surface area contributed by atoms with Gasteiger partial charge in [0.1, 0.15) is 0 Å². The molecule has 2 bridgehead atoms. The Balaban J connectivity index is 2.19. The standard InChI is InChI=1S/C4H9N2/c1-6-2-5(3-6)4-6/h2-4H2,1H3/q+1/p+1. The Kier molecular flexibility index (Phi) is 0.265. The average molecular weight is 86.1 g/mol. The lowest BCUT2D eigenvalue weighted by Crippen LogP contribution is -3.39. The fourth-order valence-corrected chi connectivity index (χ4v) is 1.48. The van der Waals surface area contributed by atoms with Gasteiger partial charge in [0.05, 0.1) is 7.05 Å². The molecular weight excluding hydrogens is 76.1 g/mol. The summed E-state index contributed by atoms with van der Waals surface area (Å²) in [7, 11) is 2.31. The zero-order chi connectivity index (χ0) is 4.20. The Morgan fingerprint density at radius 1 is 1.33 bits per heavy atom. The zero-order valence-corrected chi connectivity index (χ0v) is 4.07. The van der Waals surface area contributed by atoms with Gasteiger partial charge in [0.2, 0.25) is 20.0 Å². The van der Waals surface area contributed by atoms with Crippen molar-refractivity contribution in [2.24, 2.45) is 0 Å². The molecule has 3 aliphatic heterocycles. The molecule has 6 heavy (non-hydrogen) atoms. The van der Waals surface area contributed by atoms with Gasteiger partial charge >= 0.3 is 0 Å². The molecule has 3 fully saturated rings. The monoisotopic (exact) mass is 86.1 g/mol. The highest BCUT2D eigenvalue weighted by atomic mass is 15.8. The van der Waals surface area contributed by atoms with Crippen LogP contribution in [0.15, 0.2) is 0 Å². The van der Waals surface area contributed by atoms with E-state index in [1.165, 1.54) is 24.5 Å². The molecule has 0 aromatic rings. The highest BCUT2D eigenvalue weighted by Gasteiger charge is 2.58. The van der Waals surface area contributed by atoms with E-state index in [0.717, 1.165) is 0 Å². The molecule has 3 aliphatic rings. The van der Waals surface area contributed by atoms with E-state index in [2.05, 4.69) is 7.05 Å². The Morgan fingerprint density at radius 3 is 1.67 bits per heavy atom. The van der Waals surface area contributed by atoms with Crippen molar-refractivity contribution in [1.29, 1.82) is 0 Å². The predicted octanol–water partition coefficient (Wildman–Crippen LogP) is -1.78. The molecule has 34 valence electrons. The fraction of sp³-hybridized carbons (Fsp3) is 1.00. The van der Waals surface area contributed by atoms with E-state index in [0.29, 0.717) is 0 Å². The van der Waals surface area contributed by atoms with Gasteiger partial charge in [0.25, 0.3) is 0 Å². The van der Waals surface area contributed by atoms with Crippen LogP contribution in [-0.2, 0) is 0 Å². The van der Waals surface area contributed by atoms with Crippen LogP contribution in [0, 0.1) is 0 Å². The first-order valence-corrected chi connectivity index (χ1v) is 2.46. The summed E-state index contributed by atoms with van der Waals surface area (Å²) in [6.07, 6.45) is 0. The van der Waals surface area contributed by atoms with Gasteiger partial charge in [-0.2, -0.15) is 9.38 Å². The molecule has 3 rings (SSSR count). The summed E-state index contributed by atoms with van der Waals surface area (Å²) in [4.78, 5) is 1.79. The molecule has 3 saturated heterocycles. The van der Waals surface area contributed by atoms with Gasteiger partial charge in [-0.1, -0.05) is 0 Å². The van der Waals surface area contributed by atoms with Crippen LogP contribution in [0.5, 0.6) is 0 Å². The van der Waals surface area contributed by atoms with E-state index in [1.54, 1.807) is 4.90 Å². The summed E-state index contributed by atoms with van der Waals surface area (Å²) in [6, 6.07) is 0. The Labute approximate surface area is 37.6 Å². The summed E-state index contributed by atoms with van der Waals surface area (Å²) >= 11 is 0. The van der Waals surface area contributed by atoms with E-state index in [4.69, 9.17) is 0 Å². The number of hydrogen-bond acceptors (Lipinski definition) is 0. The number of nitrogens with one attached hydrogen (secondary N) is 1. The molecule has 0 amide bonds. The van der Waals surface area contributed by atoms with Crippen LogP contribution < -0.4 is 4.90 Å². The van der Waals surface area contributed by atoms with Crippen molar-refractivity contribution < 1.29 is 9.38 Å². The molecule has 1 N–H and O–H groups in total. The molecule has 0 atom stereocenters. The van der Waals surface area contributed by atoms with Gasteiger partial charge in [-0.15, -0.1) is 0 Å². The van der Waals surface area contributed by atoms with Crippen molar-refractivity contribution in [3.05, 3.63) is 0 Å². The van der Waals surface area contributed by atoms with Crippen molar-refractivity contribution >= 4 is 0 Å². The van der Waals surface area contributed by atoms with Gasteiger partial charge in [-0.25, -0.2) is 0 Å². The van der Waals surface area contributed by atoms with E-state index in [-0.39, 0.29) is 0 Å². The first-order chi connectivity index (χ1) is 2.79. The fourth-order valence-electron chi connectivity index (χ4n) is 1.48. The first-order valence-electron chi connectivity index (χ1n) is 2.46. The molecule has 0 aromatic carbocycles. The molecule has 3 heterocycles. The second-order valence-electron chi connectivity index (χ2n) is 2.84. The van der Waals surface area contributed by atoms with Crippen molar-refractivity contribution in [2.75, 3.05) is 27.1 Å². The van der Waals surface area contributed by atoms with Crippen LogP contribution in [0.3, 0.4) is 0 Å². The summed E-state index contributed by atoms with van der Waals surface area (Å²) in [5.74, 6) is 0. The lowest BCUT2D eigenvalue weighted by Gasteiger charge is -2.55.